The van der Waals surface area contributed by atoms with Crippen LogP contribution in [0.15, 0.2) is 24.3 Å². The second-order valence-electron chi connectivity index (χ2n) is 8.13. The Morgan fingerprint density at radius 3 is 2.65 bits per heavy atom. The predicted octanol–water partition coefficient (Wildman–Crippen LogP) is 4.27. The molecule has 1 aliphatic heterocycles. The van der Waals surface area contributed by atoms with Gasteiger partial charge in [0.05, 0.1) is 5.69 Å². The topological polar surface area (TPSA) is 96.8 Å². The molecule has 1 fully saturated rings. The number of carbonyl (C=O) groups excluding carboxylic acids is 1. The van der Waals surface area contributed by atoms with Crippen molar-refractivity contribution >= 4 is 12.1 Å². The highest BCUT2D eigenvalue weighted by Crippen LogP contribution is 2.33. The van der Waals surface area contributed by atoms with E-state index in [0.717, 1.165) is 50.5 Å². The van der Waals surface area contributed by atoms with E-state index in [2.05, 4.69) is 36.8 Å². The summed E-state index contributed by atoms with van der Waals surface area (Å²) in [5, 5.41) is 22.1. The zero-order chi connectivity index (χ0) is 25.1. The van der Waals surface area contributed by atoms with Gasteiger partial charge in [0.2, 0.25) is 0 Å². The van der Waals surface area contributed by atoms with Gasteiger partial charge in [0.15, 0.2) is 0 Å². The SMILES string of the molecule is CCOC.Cc1cc(NC2CCCN(C(C)CC=O)C2)nnc1-c1ccc(OC(F)F)cc1O. The summed E-state index contributed by atoms with van der Waals surface area (Å²) >= 11 is 0. The molecule has 34 heavy (non-hydrogen) atoms. The number of rotatable bonds is 9. The molecule has 0 spiro atoms. The Bertz CT molecular complexity index is 915. The van der Waals surface area contributed by atoms with E-state index in [4.69, 9.17) is 0 Å². The number of phenolic OH excluding ortho intramolecular Hbond substituents is 1. The number of nitrogens with zero attached hydrogens (tertiary/aromatic N) is 3. The highest BCUT2D eigenvalue weighted by molar-refractivity contribution is 5.71. The summed E-state index contributed by atoms with van der Waals surface area (Å²) in [6.07, 6.45) is 3.51. The van der Waals surface area contributed by atoms with Crippen LogP contribution in [0.1, 0.15) is 38.7 Å². The Labute approximate surface area is 199 Å². The third-order valence-corrected chi connectivity index (χ3v) is 5.59. The summed E-state index contributed by atoms with van der Waals surface area (Å²) in [7, 11) is 1.68. The van der Waals surface area contributed by atoms with E-state index >= 15 is 0 Å². The zero-order valence-electron chi connectivity index (χ0n) is 20.1. The maximum Gasteiger partial charge on any atom is 0.387 e. The summed E-state index contributed by atoms with van der Waals surface area (Å²) in [5.41, 5.74) is 1.64. The van der Waals surface area contributed by atoms with Crippen LogP contribution in [0.25, 0.3) is 11.3 Å². The van der Waals surface area contributed by atoms with Gasteiger partial charge in [-0.3, -0.25) is 4.90 Å². The number of hydrogen-bond donors (Lipinski definition) is 2. The zero-order valence-corrected chi connectivity index (χ0v) is 20.1. The summed E-state index contributed by atoms with van der Waals surface area (Å²) in [4.78, 5) is 13.1. The van der Waals surface area contributed by atoms with Gasteiger partial charge in [-0.25, -0.2) is 0 Å². The van der Waals surface area contributed by atoms with E-state index in [-0.39, 0.29) is 23.6 Å². The van der Waals surface area contributed by atoms with Crippen LogP contribution >= 0.6 is 0 Å². The van der Waals surface area contributed by atoms with Crippen molar-refractivity contribution in [3.8, 4) is 22.8 Å². The number of halogens is 2. The van der Waals surface area contributed by atoms with Crippen molar-refractivity contribution in [3.63, 3.8) is 0 Å². The fourth-order valence-corrected chi connectivity index (χ4v) is 3.73. The number of aldehydes is 1. The van der Waals surface area contributed by atoms with Gasteiger partial charge in [-0.15, -0.1) is 10.2 Å². The third-order valence-electron chi connectivity index (χ3n) is 5.59. The Morgan fingerprint density at radius 2 is 2.06 bits per heavy atom. The minimum absolute atomic E-state index is 0.124. The lowest BCUT2D eigenvalue weighted by atomic mass is 10.0. The molecule has 0 amide bonds. The van der Waals surface area contributed by atoms with Crippen LogP contribution in [0.4, 0.5) is 14.6 Å². The molecule has 1 saturated heterocycles. The minimum atomic E-state index is -2.96. The number of piperidine rings is 1. The van der Waals surface area contributed by atoms with Gasteiger partial charge in [0, 0.05) is 50.4 Å². The Kier molecular flexibility index (Phi) is 11.1. The van der Waals surface area contributed by atoms with Crippen molar-refractivity contribution in [3.05, 3.63) is 29.8 Å². The number of alkyl halides is 2. The monoisotopic (exact) mass is 480 g/mol. The lowest BCUT2D eigenvalue weighted by molar-refractivity contribution is -0.108. The number of methoxy groups -OCH3 is 1. The van der Waals surface area contributed by atoms with E-state index in [1.165, 1.54) is 12.1 Å². The van der Waals surface area contributed by atoms with Crippen molar-refractivity contribution in [2.24, 2.45) is 0 Å². The van der Waals surface area contributed by atoms with Crippen molar-refractivity contribution < 1.29 is 28.2 Å². The highest BCUT2D eigenvalue weighted by Gasteiger charge is 2.24. The molecule has 8 nitrogen and oxygen atoms in total. The van der Waals surface area contributed by atoms with Crippen molar-refractivity contribution in [1.82, 2.24) is 15.1 Å². The smallest absolute Gasteiger partial charge is 0.387 e. The van der Waals surface area contributed by atoms with E-state index in [1.807, 2.05) is 19.9 Å². The standard InChI is InChI=1S/C21H26F2N4O3.C3H8O/c1-13-10-19(24-15-4-3-8-27(12-15)14(2)7-9-28)25-26-20(13)17-6-5-16(11-18(17)29)30-21(22)23;1-3-4-2/h5-6,9-11,14-15,21,29H,3-4,7-8,12H2,1-2H3,(H,24,25);3H2,1-2H3. The summed E-state index contributed by atoms with van der Waals surface area (Å²) < 4.78 is 33.5. The summed E-state index contributed by atoms with van der Waals surface area (Å²) in [6.45, 7) is 5.52. The number of likely N-dealkylation sites (tertiary alicyclic amines) is 1. The van der Waals surface area contributed by atoms with Crippen LogP contribution in [0, 0.1) is 6.92 Å². The van der Waals surface area contributed by atoms with Crippen molar-refractivity contribution in [1.29, 1.82) is 0 Å². The number of carbonyl (C=O) groups is 1. The summed E-state index contributed by atoms with van der Waals surface area (Å²) in [6, 6.07) is 6.22. The summed E-state index contributed by atoms with van der Waals surface area (Å²) in [5.74, 6) is 0.294. The molecule has 0 aliphatic carbocycles. The molecule has 0 radical (unpaired) electrons. The van der Waals surface area contributed by atoms with Gasteiger partial charge >= 0.3 is 6.61 Å². The molecule has 2 atom stereocenters. The molecule has 10 heteroatoms. The first-order valence-electron chi connectivity index (χ1n) is 11.3. The molecule has 2 aromatic rings. The molecule has 3 rings (SSSR count). The Hall–Kier alpha value is -2.85. The van der Waals surface area contributed by atoms with Gasteiger partial charge in [0.25, 0.3) is 0 Å². The Morgan fingerprint density at radius 1 is 1.32 bits per heavy atom. The van der Waals surface area contributed by atoms with Crippen LogP contribution in [0.2, 0.25) is 0 Å². The average Bonchev–Trinajstić information content (AvgIpc) is 2.80. The number of aromatic nitrogens is 2. The maximum atomic E-state index is 12.3. The molecule has 2 N–H and O–H groups in total. The normalized spacial score (nSPS) is 17.0. The van der Waals surface area contributed by atoms with E-state index in [1.54, 1.807) is 7.11 Å². The molecule has 1 aromatic carbocycles. The first kappa shape index (κ1) is 27.4. The maximum absolute atomic E-state index is 12.3. The van der Waals surface area contributed by atoms with Crippen LogP contribution < -0.4 is 10.1 Å². The molecule has 1 aromatic heterocycles. The molecule has 188 valence electrons. The highest BCUT2D eigenvalue weighted by atomic mass is 19.3. The van der Waals surface area contributed by atoms with E-state index in [0.29, 0.717) is 23.5 Å². The first-order chi connectivity index (χ1) is 16.3. The molecular weight excluding hydrogens is 446 g/mol. The lowest BCUT2D eigenvalue weighted by Crippen LogP contribution is -2.46. The number of benzene rings is 1. The van der Waals surface area contributed by atoms with Crippen LogP contribution in [-0.2, 0) is 9.53 Å². The second-order valence-corrected chi connectivity index (χ2v) is 8.13. The fourth-order valence-electron chi connectivity index (χ4n) is 3.73. The van der Waals surface area contributed by atoms with Gasteiger partial charge in [0.1, 0.15) is 23.6 Å². The number of aryl methyl sites for hydroxylation is 1. The number of ether oxygens (including phenoxy) is 2. The molecule has 2 heterocycles. The quantitative estimate of drug-likeness (QED) is 0.514. The minimum Gasteiger partial charge on any atom is -0.507 e. The predicted molar refractivity (Wildman–Crippen MR) is 126 cm³/mol. The van der Waals surface area contributed by atoms with Crippen LogP contribution in [0.3, 0.4) is 0 Å². The van der Waals surface area contributed by atoms with Gasteiger partial charge in [-0.05, 0) is 63.9 Å². The van der Waals surface area contributed by atoms with E-state index in [9.17, 15) is 18.7 Å². The van der Waals surface area contributed by atoms with Gasteiger partial charge in [-0.1, -0.05) is 0 Å². The lowest BCUT2D eigenvalue weighted by Gasteiger charge is -2.36. The molecule has 2 unspecified atom stereocenters. The number of nitrogens with one attached hydrogen (secondary N) is 1. The molecule has 0 saturated carbocycles. The molecule has 1 aliphatic rings. The third kappa shape index (κ3) is 8.18. The van der Waals surface area contributed by atoms with Crippen LogP contribution in [-0.4, -0.2) is 72.0 Å². The molecule has 0 bridgehead atoms. The van der Waals surface area contributed by atoms with Crippen LogP contribution in [0.5, 0.6) is 11.5 Å². The van der Waals surface area contributed by atoms with Crippen molar-refractivity contribution in [2.75, 3.05) is 32.1 Å². The fraction of sp³-hybridized carbons (Fsp3) is 0.542. The van der Waals surface area contributed by atoms with Gasteiger partial charge < -0.3 is 24.7 Å². The average molecular weight is 481 g/mol. The van der Waals surface area contributed by atoms with Gasteiger partial charge in [-0.2, -0.15) is 8.78 Å². The largest absolute Gasteiger partial charge is 0.507 e. The number of anilines is 1. The first-order valence-corrected chi connectivity index (χ1v) is 11.3. The Balaban J connectivity index is 0.000000945. The number of hydrogen-bond acceptors (Lipinski definition) is 8. The molecular formula is C24H34F2N4O4. The number of aromatic hydroxyl groups is 1. The van der Waals surface area contributed by atoms with Crippen molar-refractivity contribution in [2.45, 2.75) is 58.7 Å². The number of phenols is 1. The second kappa shape index (κ2) is 13.8. The van der Waals surface area contributed by atoms with E-state index < -0.39 is 6.61 Å².